The van der Waals surface area contributed by atoms with Crippen LogP contribution in [0.5, 0.6) is 0 Å². The van der Waals surface area contributed by atoms with E-state index < -0.39 is 0 Å². The van der Waals surface area contributed by atoms with E-state index in [9.17, 15) is 4.79 Å². The van der Waals surface area contributed by atoms with E-state index in [1.54, 1.807) is 7.11 Å². The summed E-state index contributed by atoms with van der Waals surface area (Å²) in [4.78, 5) is 16.7. The van der Waals surface area contributed by atoms with Crippen molar-refractivity contribution in [2.45, 2.75) is 26.8 Å². The standard InChI is InChI=1S/C15H32N4O2/c1-5-18-6-8-19(9-7-18)11-13(2)10-16-15(20)17-14(3)12-21-4/h13-14H,5-12H2,1-4H3,(H2,16,17,20)/t13-,14-/m1/s1. The van der Waals surface area contributed by atoms with E-state index in [1.807, 2.05) is 6.92 Å². The van der Waals surface area contributed by atoms with Gasteiger partial charge >= 0.3 is 6.03 Å². The van der Waals surface area contributed by atoms with Gasteiger partial charge in [-0.25, -0.2) is 4.79 Å². The van der Waals surface area contributed by atoms with Crippen LogP contribution in [0.15, 0.2) is 0 Å². The largest absolute Gasteiger partial charge is 0.383 e. The fourth-order valence-electron chi connectivity index (χ4n) is 2.63. The van der Waals surface area contributed by atoms with Crippen molar-refractivity contribution < 1.29 is 9.53 Å². The summed E-state index contributed by atoms with van der Waals surface area (Å²) in [6, 6.07) is -0.0744. The molecule has 0 bridgehead atoms. The van der Waals surface area contributed by atoms with Crippen molar-refractivity contribution in [2.24, 2.45) is 5.92 Å². The maximum absolute atomic E-state index is 11.7. The summed E-state index contributed by atoms with van der Waals surface area (Å²) >= 11 is 0. The SMILES string of the molecule is CCN1CCN(C[C@H](C)CNC(=O)N[C@H](C)COC)CC1. The topological polar surface area (TPSA) is 56.8 Å². The molecule has 1 aliphatic heterocycles. The second-order valence-electron chi connectivity index (χ2n) is 6.05. The summed E-state index contributed by atoms with van der Waals surface area (Å²) in [5.41, 5.74) is 0. The number of nitrogens with zero attached hydrogens (tertiary/aromatic N) is 2. The Morgan fingerprint density at radius 3 is 2.38 bits per heavy atom. The summed E-state index contributed by atoms with van der Waals surface area (Å²) in [5.74, 6) is 0.460. The van der Waals surface area contributed by atoms with Crippen LogP contribution >= 0.6 is 0 Å². The minimum atomic E-state index is -0.109. The zero-order chi connectivity index (χ0) is 15.7. The molecule has 6 nitrogen and oxygen atoms in total. The number of hydrogen-bond acceptors (Lipinski definition) is 4. The molecule has 1 rings (SSSR count). The van der Waals surface area contributed by atoms with Gasteiger partial charge in [0.15, 0.2) is 0 Å². The van der Waals surface area contributed by atoms with Gasteiger partial charge in [0.2, 0.25) is 0 Å². The van der Waals surface area contributed by atoms with Crippen molar-refractivity contribution in [1.29, 1.82) is 0 Å². The van der Waals surface area contributed by atoms with Crippen molar-refractivity contribution in [1.82, 2.24) is 20.4 Å². The number of piperazine rings is 1. The van der Waals surface area contributed by atoms with Crippen molar-refractivity contribution >= 4 is 6.03 Å². The highest BCUT2D eigenvalue weighted by molar-refractivity contribution is 5.74. The molecule has 1 fully saturated rings. The first kappa shape index (κ1) is 18.2. The van der Waals surface area contributed by atoms with E-state index in [4.69, 9.17) is 4.74 Å². The summed E-state index contributed by atoms with van der Waals surface area (Å²) in [6.45, 7) is 14.3. The predicted molar refractivity (Wildman–Crippen MR) is 85.6 cm³/mol. The Morgan fingerprint density at radius 1 is 1.19 bits per heavy atom. The molecule has 1 heterocycles. The van der Waals surface area contributed by atoms with Crippen LogP contribution in [-0.2, 0) is 4.74 Å². The lowest BCUT2D eigenvalue weighted by Gasteiger charge is -2.35. The van der Waals surface area contributed by atoms with Gasteiger partial charge in [-0.05, 0) is 19.4 Å². The molecule has 0 aromatic rings. The average molecular weight is 300 g/mol. The third kappa shape index (κ3) is 7.64. The number of likely N-dealkylation sites (N-methyl/N-ethyl adjacent to an activating group) is 1. The first-order chi connectivity index (χ1) is 10.0. The minimum absolute atomic E-state index is 0.0347. The van der Waals surface area contributed by atoms with Gasteiger partial charge in [0.1, 0.15) is 0 Å². The van der Waals surface area contributed by atoms with Crippen LogP contribution in [0.4, 0.5) is 4.79 Å². The highest BCUT2D eigenvalue weighted by Crippen LogP contribution is 2.04. The fraction of sp³-hybridized carbons (Fsp3) is 0.933. The van der Waals surface area contributed by atoms with Gasteiger partial charge in [0.05, 0.1) is 12.6 Å². The van der Waals surface area contributed by atoms with Crippen molar-refractivity contribution in [3.8, 4) is 0 Å². The van der Waals surface area contributed by atoms with Gasteiger partial charge in [-0.2, -0.15) is 0 Å². The molecule has 124 valence electrons. The first-order valence-electron chi connectivity index (χ1n) is 8.03. The molecule has 0 unspecified atom stereocenters. The Kier molecular flexibility index (Phi) is 8.64. The lowest BCUT2D eigenvalue weighted by atomic mass is 10.1. The molecule has 6 heteroatoms. The van der Waals surface area contributed by atoms with E-state index in [-0.39, 0.29) is 12.1 Å². The third-order valence-electron chi connectivity index (χ3n) is 3.89. The van der Waals surface area contributed by atoms with Crippen LogP contribution in [0.2, 0.25) is 0 Å². The second-order valence-corrected chi connectivity index (χ2v) is 6.05. The van der Waals surface area contributed by atoms with Gasteiger partial charge < -0.3 is 25.2 Å². The summed E-state index contributed by atoms with van der Waals surface area (Å²) in [5, 5.41) is 5.80. The molecule has 1 saturated heterocycles. The van der Waals surface area contributed by atoms with E-state index >= 15 is 0 Å². The quantitative estimate of drug-likeness (QED) is 0.689. The first-order valence-corrected chi connectivity index (χ1v) is 8.03. The summed E-state index contributed by atoms with van der Waals surface area (Å²) in [7, 11) is 1.64. The molecule has 0 aromatic carbocycles. The van der Waals surface area contributed by atoms with Crippen LogP contribution in [0.1, 0.15) is 20.8 Å². The summed E-state index contributed by atoms with van der Waals surface area (Å²) in [6.07, 6.45) is 0. The molecular formula is C15H32N4O2. The Bertz CT molecular complexity index is 293. The van der Waals surface area contributed by atoms with Gasteiger partial charge in [0.25, 0.3) is 0 Å². The van der Waals surface area contributed by atoms with Crippen molar-refractivity contribution in [2.75, 3.05) is 59.5 Å². The second kappa shape index (κ2) is 9.97. The smallest absolute Gasteiger partial charge is 0.315 e. The maximum atomic E-state index is 11.7. The Morgan fingerprint density at radius 2 is 1.81 bits per heavy atom. The Labute approximate surface area is 129 Å². The number of methoxy groups -OCH3 is 1. The van der Waals surface area contributed by atoms with E-state index in [2.05, 4.69) is 34.3 Å². The molecule has 0 aromatic heterocycles. The maximum Gasteiger partial charge on any atom is 0.315 e. The number of nitrogens with one attached hydrogen (secondary N) is 2. The minimum Gasteiger partial charge on any atom is -0.383 e. The molecule has 0 saturated carbocycles. The van der Waals surface area contributed by atoms with E-state index in [0.717, 1.165) is 39.3 Å². The van der Waals surface area contributed by atoms with Gasteiger partial charge in [-0.15, -0.1) is 0 Å². The molecule has 0 aliphatic carbocycles. The fourth-order valence-corrected chi connectivity index (χ4v) is 2.63. The van der Waals surface area contributed by atoms with Crippen LogP contribution in [0.25, 0.3) is 0 Å². The van der Waals surface area contributed by atoms with Crippen LogP contribution in [0.3, 0.4) is 0 Å². The molecule has 1 aliphatic rings. The average Bonchev–Trinajstić information content (AvgIpc) is 2.46. The number of ether oxygens (including phenoxy) is 1. The molecular weight excluding hydrogens is 268 g/mol. The molecule has 0 radical (unpaired) electrons. The van der Waals surface area contributed by atoms with Gasteiger partial charge in [-0.3, -0.25) is 0 Å². The van der Waals surface area contributed by atoms with Gasteiger partial charge in [0, 0.05) is 46.4 Å². The molecule has 0 spiro atoms. The highest BCUT2D eigenvalue weighted by atomic mass is 16.5. The zero-order valence-electron chi connectivity index (χ0n) is 14.0. The van der Waals surface area contributed by atoms with Crippen LogP contribution < -0.4 is 10.6 Å². The Hall–Kier alpha value is -0.850. The zero-order valence-corrected chi connectivity index (χ0v) is 14.0. The van der Waals surface area contributed by atoms with Crippen molar-refractivity contribution in [3.05, 3.63) is 0 Å². The third-order valence-corrected chi connectivity index (χ3v) is 3.89. The normalized spacial score (nSPS) is 20.0. The Balaban J connectivity index is 2.13. The molecule has 2 N–H and O–H groups in total. The lowest BCUT2D eigenvalue weighted by molar-refractivity contribution is 0.124. The monoisotopic (exact) mass is 300 g/mol. The van der Waals surface area contributed by atoms with Gasteiger partial charge in [-0.1, -0.05) is 13.8 Å². The molecule has 2 amide bonds. The highest BCUT2D eigenvalue weighted by Gasteiger charge is 2.17. The number of carbonyl (C=O) groups excluding carboxylic acids is 1. The number of hydrogen-bond donors (Lipinski definition) is 2. The lowest BCUT2D eigenvalue weighted by Crippen LogP contribution is -2.49. The van der Waals surface area contributed by atoms with Crippen LogP contribution in [0, 0.1) is 5.92 Å². The number of urea groups is 1. The predicted octanol–water partition coefficient (Wildman–Crippen LogP) is 0.594. The summed E-state index contributed by atoms with van der Waals surface area (Å²) < 4.78 is 5.00. The number of amides is 2. The van der Waals surface area contributed by atoms with E-state index in [1.165, 1.54) is 0 Å². The molecule has 21 heavy (non-hydrogen) atoms. The van der Waals surface area contributed by atoms with Crippen LogP contribution in [-0.4, -0.2) is 81.4 Å². The molecule has 2 atom stereocenters. The number of rotatable bonds is 8. The number of carbonyl (C=O) groups is 1. The van der Waals surface area contributed by atoms with E-state index in [0.29, 0.717) is 19.1 Å². The van der Waals surface area contributed by atoms with Crippen molar-refractivity contribution in [3.63, 3.8) is 0 Å².